The lowest BCUT2D eigenvalue weighted by molar-refractivity contribution is 0.635. The minimum Gasteiger partial charge on any atom is -0.367 e. The SMILES string of the molecule is N/C(=N/NCc1ccc(Cl)cc1)NNCc1ccc(Cl)cc1. The molecule has 0 amide bonds. The zero-order valence-corrected chi connectivity index (χ0v) is 13.3. The third kappa shape index (κ3) is 5.81. The van der Waals surface area contributed by atoms with Crippen molar-refractivity contribution in [2.24, 2.45) is 10.8 Å². The van der Waals surface area contributed by atoms with Crippen molar-refractivity contribution >= 4 is 29.2 Å². The summed E-state index contributed by atoms with van der Waals surface area (Å²) in [5.74, 6) is 0.253. The van der Waals surface area contributed by atoms with Gasteiger partial charge in [0.25, 0.3) is 0 Å². The summed E-state index contributed by atoms with van der Waals surface area (Å²) in [6, 6.07) is 15.1. The molecule has 0 aliphatic carbocycles. The van der Waals surface area contributed by atoms with Crippen LogP contribution in [0.2, 0.25) is 10.0 Å². The van der Waals surface area contributed by atoms with Crippen molar-refractivity contribution in [3.05, 3.63) is 69.7 Å². The summed E-state index contributed by atoms with van der Waals surface area (Å²) in [7, 11) is 0. The first kappa shape index (κ1) is 16.4. The van der Waals surface area contributed by atoms with E-state index in [-0.39, 0.29) is 5.96 Å². The van der Waals surface area contributed by atoms with Crippen LogP contribution in [0.15, 0.2) is 53.6 Å². The molecule has 2 rings (SSSR count). The van der Waals surface area contributed by atoms with Crippen LogP contribution in [0.4, 0.5) is 0 Å². The molecule has 2 aromatic rings. The number of rotatable bonds is 6. The zero-order chi connectivity index (χ0) is 15.8. The van der Waals surface area contributed by atoms with E-state index in [9.17, 15) is 0 Å². The summed E-state index contributed by atoms with van der Waals surface area (Å²) in [6.45, 7) is 1.17. The van der Waals surface area contributed by atoms with Crippen molar-refractivity contribution < 1.29 is 0 Å². The van der Waals surface area contributed by atoms with E-state index in [4.69, 9.17) is 28.9 Å². The highest BCUT2D eigenvalue weighted by atomic mass is 35.5. The van der Waals surface area contributed by atoms with Gasteiger partial charge in [-0.3, -0.25) is 5.43 Å². The molecule has 0 heterocycles. The van der Waals surface area contributed by atoms with Crippen molar-refractivity contribution in [1.82, 2.24) is 16.3 Å². The summed E-state index contributed by atoms with van der Waals surface area (Å²) in [5, 5.41) is 5.42. The van der Waals surface area contributed by atoms with Gasteiger partial charge in [-0.05, 0) is 35.4 Å². The maximum atomic E-state index is 5.82. The van der Waals surface area contributed by atoms with Gasteiger partial charge in [0.1, 0.15) is 0 Å². The van der Waals surface area contributed by atoms with Gasteiger partial charge in [-0.25, -0.2) is 5.43 Å². The highest BCUT2D eigenvalue weighted by Gasteiger charge is 1.95. The Hall–Kier alpha value is -1.95. The van der Waals surface area contributed by atoms with E-state index in [0.29, 0.717) is 23.1 Å². The molecular formula is C15H17Cl2N5. The van der Waals surface area contributed by atoms with E-state index < -0.39 is 0 Å². The van der Waals surface area contributed by atoms with Crippen molar-refractivity contribution in [3.8, 4) is 0 Å². The second-order valence-corrected chi connectivity index (χ2v) is 5.44. The predicted molar refractivity (Wildman–Crippen MR) is 91.3 cm³/mol. The van der Waals surface area contributed by atoms with Crippen LogP contribution in [0, 0.1) is 0 Å². The molecule has 5 nitrogen and oxygen atoms in total. The van der Waals surface area contributed by atoms with Crippen LogP contribution in [-0.4, -0.2) is 5.96 Å². The van der Waals surface area contributed by atoms with Gasteiger partial charge in [0.2, 0.25) is 5.96 Å². The number of hydrazone groups is 1. The Labute approximate surface area is 139 Å². The normalized spacial score (nSPS) is 11.3. The van der Waals surface area contributed by atoms with E-state index >= 15 is 0 Å². The van der Waals surface area contributed by atoms with Crippen LogP contribution in [0.3, 0.4) is 0 Å². The van der Waals surface area contributed by atoms with E-state index in [2.05, 4.69) is 21.4 Å². The van der Waals surface area contributed by atoms with Gasteiger partial charge in [0.15, 0.2) is 0 Å². The molecule has 22 heavy (non-hydrogen) atoms. The fraction of sp³-hybridized carbons (Fsp3) is 0.133. The Balaban J connectivity index is 1.69. The Morgan fingerprint density at radius 3 is 1.91 bits per heavy atom. The maximum Gasteiger partial charge on any atom is 0.225 e. The predicted octanol–water partition coefficient (Wildman–Crippen LogP) is 2.61. The summed E-state index contributed by atoms with van der Waals surface area (Å²) in [4.78, 5) is 0. The van der Waals surface area contributed by atoms with Crippen LogP contribution < -0.4 is 22.0 Å². The molecule has 0 unspecified atom stereocenters. The summed E-state index contributed by atoms with van der Waals surface area (Å²) in [5.41, 5.74) is 16.5. The van der Waals surface area contributed by atoms with Crippen LogP contribution in [0.25, 0.3) is 0 Å². The third-order valence-electron chi connectivity index (χ3n) is 2.82. The van der Waals surface area contributed by atoms with Gasteiger partial charge in [0.05, 0.1) is 6.54 Å². The van der Waals surface area contributed by atoms with Crippen LogP contribution in [0.1, 0.15) is 11.1 Å². The lowest BCUT2D eigenvalue weighted by atomic mass is 10.2. The molecule has 0 saturated heterocycles. The van der Waals surface area contributed by atoms with Crippen LogP contribution >= 0.6 is 23.2 Å². The second kappa shape index (κ2) is 8.48. The number of nitrogens with two attached hydrogens (primary N) is 1. The lowest BCUT2D eigenvalue weighted by Crippen LogP contribution is -2.42. The Bertz CT molecular complexity index is 611. The lowest BCUT2D eigenvalue weighted by Gasteiger charge is -2.08. The highest BCUT2D eigenvalue weighted by molar-refractivity contribution is 6.30. The smallest absolute Gasteiger partial charge is 0.225 e. The fourth-order valence-electron chi connectivity index (χ4n) is 1.69. The van der Waals surface area contributed by atoms with Gasteiger partial charge in [0, 0.05) is 16.6 Å². The van der Waals surface area contributed by atoms with Crippen molar-refractivity contribution in [2.45, 2.75) is 13.1 Å². The average Bonchev–Trinajstić information content (AvgIpc) is 2.51. The summed E-state index contributed by atoms with van der Waals surface area (Å²) < 4.78 is 0. The number of benzene rings is 2. The Kier molecular flexibility index (Phi) is 6.33. The number of nitrogens with zero attached hydrogens (tertiary/aromatic N) is 1. The molecule has 0 aromatic heterocycles. The average molecular weight is 338 g/mol. The quantitative estimate of drug-likeness (QED) is 0.371. The second-order valence-electron chi connectivity index (χ2n) is 4.56. The third-order valence-corrected chi connectivity index (χ3v) is 3.32. The number of guanidine groups is 1. The van der Waals surface area contributed by atoms with E-state index in [0.717, 1.165) is 11.1 Å². The number of hydrazine groups is 1. The molecule has 5 N–H and O–H groups in total. The number of hydrogen-bond acceptors (Lipinski definition) is 3. The maximum absolute atomic E-state index is 5.82. The van der Waals surface area contributed by atoms with Crippen molar-refractivity contribution in [3.63, 3.8) is 0 Å². The highest BCUT2D eigenvalue weighted by Crippen LogP contribution is 2.09. The van der Waals surface area contributed by atoms with Gasteiger partial charge in [-0.2, -0.15) is 0 Å². The molecular weight excluding hydrogens is 321 g/mol. The molecule has 116 valence electrons. The van der Waals surface area contributed by atoms with Crippen molar-refractivity contribution in [1.29, 1.82) is 0 Å². The minimum atomic E-state index is 0.253. The summed E-state index contributed by atoms with van der Waals surface area (Å²) in [6.07, 6.45) is 0. The molecule has 0 aliphatic heterocycles. The van der Waals surface area contributed by atoms with Gasteiger partial charge < -0.3 is 11.2 Å². The molecule has 7 heteroatoms. The molecule has 0 saturated carbocycles. The Morgan fingerprint density at radius 1 is 0.864 bits per heavy atom. The molecule has 0 spiro atoms. The molecule has 0 fully saturated rings. The van der Waals surface area contributed by atoms with Gasteiger partial charge >= 0.3 is 0 Å². The first-order valence-corrected chi connectivity index (χ1v) is 7.43. The topological polar surface area (TPSA) is 74.5 Å². The number of nitrogens with one attached hydrogen (secondary N) is 3. The summed E-state index contributed by atoms with van der Waals surface area (Å²) >= 11 is 11.6. The van der Waals surface area contributed by atoms with E-state index in [1.807, 2.05) is 48.5 Å². The fourth-order valence-corrected chi connectivity index (χ4v) is 1.94. The van der Waals surface area contributed by atoms with Crippen LogP contribution in [0.5, 0.6) is 0 Å². The molecule has 0 aliphatic rings. The first-order valence-electron chi connectivity index (χ1n) is 6.67. The monoisotopic (exact) mass is 337 g/mol. The minimum absolute atomic E-state index is 0.253. The molecule has 0 radical (unpaired) electrons. The van der Waals surface area contributed by atoms with Gasteiger partial charge in [-0.1, -0.05) is 47.5 Å². The Morgan fingerprint density at radius 2 is 1.36 bits per heavy atom. The zero-order valence-electron chi connectivity index (χ0n) is 11.8. The van der Waals surface area contributed by atoms with E-state index in [1.165, 1.54) is 0 Å². The van der Waals surface area contributed by atoms with Crippen molar-refractivity contribution in [2.75, 3.05) is 0 Å². The van der Waals surface area contributed by atoms with E-state index in [1.54, 1.807) is 0 Å². The number of hydrogen-bond donors (Lipinski definition) is 4. The van der Waals surface area contributed by atoms with Gasteiger partial charge in [-0.15, -0.1) is 5.10 Å². The number of halogens is 2. The van der Waals surface area contributed by atoms with Crippen LogP contribution in [-0.2, 0) is 13.1 Å². The standard InChI is InChI=1S/C15H17Cl2N5/c16-13-5-1-11(2-6-13)9-19-21-15(18)22-20-10-12-3-7-14(17)8-4-12/h1-8,19-20H,9-10H2,(H3,18,21,22). The first-order chi connectivity index (χ1) is 10.6. The molecule has 2 aromatic carbocycles. The molecule has 0 bridgehead atoms. The molecule has 0 atom stereocenters. The largest absolute Gasteiger partial charge is 0.367 e.